The fourth-order valence-corrected chi connectivity index (χ4v) is 3.12. The number of nitrogens with one attached hydrogen (secondary N) is 1. The molecule has 0 spiro atoms. The molecule has 0 saturated carbocycles. The lowest BCUT2D eigenvalue weighted by atomic mass is 9.98. The van der Waals surface area contributed by atoms with E-state index in [0.29, 0.717) is 5.58 Å². The van der Waals surface area contributed by atoms with Crippen LogP contribution in [0, 0.1) is 13.8 Å². The summed E-state index contributed by atoms with van der Waals surface area (Å²) in [5.74, 6) is -0.414. The molecule has 2 aromatic carbocycles. The highest BCUT2D eigenvalue weighted by atomic mass is 79.9. The zero-order chi connectivity index (χ0) is 15.0. The van der Waals surface area contributed by atoms with Gasteiger partial charge in [0.05, 0.1) is 5.52 Å². The van der Waals surface area contributed by atoms with E-state index in [1.54, 1.807) is 0 Å². The van der Waals surface area contributed by atoms with E-state index in [1.165, 1.54) is 16.7 Å². The molecule has 21 heavy (non-hydrogen) atoms. The van der Waals surface area contributed by atoms with Gasteiger partial charge < -0.3 is 4.42 Å². The van der Waals surface area contributed by atoms with Crippen LogP contribution in [0.2, 0.25) is 0 Å². The summed E-state index contributed by atoms with van der Waals surface area (Å²) in [5.41, 5.74) is 6.32. The van der Waals surface area contributed by atoms with Gasteiger partial charge >= 0.3 is 5.76 Å². The van der Waals surface area contributed by atoms with Crippen LogP contribution in [0.5, 0.6) is 0 Å². The molecule has 1 N–H and O–H groups in total. The molecule has 1 unspecified atom stereocenters. The molecule has 0 radical (unpaired) electrons. The van der Waals surface area contributed by atoms with E-state index in [1.807, 2.05) is 18.2 Å². The van der Waals surface area contributed by atoms with Crippen LogP contribution in [-0.4, -0.2) is 4.98 Å². The first-order valence-electron chi connectivity index (χ1n) is 6.86. The Kier molecular flexibility index (Phi) is 3.72. The standard InChI is InChI=1S/C17H16BrNO2/c1-10-3-4-11(2)13(7-10)8-14(18)12-5-6-15-16(9-12)21-17(20)19-15/h3-7,9,14H,8H2,1-2H3,(H,19,20). The number of aromatic amines is 1. The first-order chi connectivity index (χ1) is 10.0. The van der Waals surface area contributed by atoms with E-state index >= 15 is 0 Å². The number of halogens is 1. The Morgan fingerprint density at radius 1 is 1.19 bits per heavy atom. The highest BCUT2D eigenvalue weighted by Gasteiger charge is 2.12. The summed E-state index contributed by atoms with van der Waals surface area (Å²) < 4.78 is 5.12. The molecule has 0 amide bonds. The predicted molar refractivity (Wildman–Crippen MR) is 88.1 cm³/mol. The number of rotatable bonds is 3. The van der Waals surface area contributed by atoms with Crippen molar-refractivity contribution < 1.29 is 4.42 Å². The molecule has 1 heterocycles. The third-order valence-corrected chi connectivity index (χ3v) is 4.56. The van der Waals surface area contributed by atoms with Crippen molar-refractivity contribution in [3.05, 3.63) is 69.2 Å². The summed E-state index contributed by atoms with van der Waals surface area (Å²) in [6, 6.07) is 12.3. The fraction of sp³-hybridized carbons (Fsp3) is 0.235. The van der Waals surface area contributed by atoms with Crippen LogP contribution in [0.4, 0.5) is 0 Å². The second-order valence-electron chi connectivity index (χ2n) is 5.37. The van der Waals surface area contributed by atoms with Gasteiger partial charge in [0.15, 0.2) is 5.58 Å². The minimum atomic E-state index is -0.414. The molecular weight excluding hydrogens is 330 g/mol. The number of alkyl halides is 1. The number of aryl methyl sites for hydroxylation is 2. The van der Waals surface area contributed by atoms with E-state index < -0.39 is 5.76 Å². The Bertz CT molecular complexity index is 847. The molecule has 0 aliphatic rings. The van der Waals surface area contributed by atoms with Crippen LogP contribution in [0.25, 0.3) is 11.1 Å². The lowest BCUT2D eigenvalue weighted by molar-refractivity contribution is 0.555. The van der Waals surface area contributed by atoms with Crippen molar-refractivity contribution >= 4 is 27.0 Å². The van der Waals surface area contributed by atoms with Gasteiger partial charge in [0, 0.05) is 4.83 Å². The Hall–Kier alpha value is -1.81. The average Bonchev–Trinajstić information content (AvgIpc) is 2.81. The maximum absolute atomic E-state index is 11.2. The Labute approximate surface area is 131 Å². The van der Waals surface area contributed by atoms with E-state index in [2.05, 4.69) is 53.0 Å². The van der Waals surface area contributed by atoms with Gasteiger partial charge in [0.2, 0.25) is 0 Å². The lowest BCUT2D eigenvalue weighted by Crippen LogP contribution is -1.98. The zero-order valence-corrected chi connectivity index (χ0v) is 13.5. The average molecular weight is 346 g/mol. The first kappa shape index (κ1) is 14.1. The van der Waals surface area contributed by atoms with Crippen LogP contribution in [0.15, 0.2) is 45.6 Å². The van der Waals surface area contributed by atoms with Crippen molar-refractivity contribution in [3.8, 4) is 0 Å². The quantitative estimate of drug-likeness (QED) is 0.714. The molecule has 0 bridgehead atoms. The third-order valence-electron chi connectivity index (χ3n) is 3.71. The van der Waals surface area contributed by atoms with Gasteiger partial charge in [-0.1, -0.05) is 45.8 Å². The van der Waals surface area contributed by atoms with Crippen LogP contribution in [0.3, 0.4) is 0 Å². The number of aromatic nitrogens is 1. The number of oxazole rings is 1. The Morgan fingerprint density at radius 2 is 2.00 bits per heavy atom. The van der Waals surface area contributed by atoms with Crippen molar-refractivity contribution in [2.75, 3.05) is 0 Å². The molecule has 1 atom stereocenters. The monoisotopic (exact) mass is 345 g/mol. The molecule has 3 aromatic rings. The zero-order valence-electron chi connectivity index (χ0n) is 11.9. The minimum Gasteiger partial charge on any atom is -0.408 e. The van der Waals surface area contributed by atoms with Gasteiger partial charge in [-0.15, -0.1) is 0 Å². The second-order valence-corrected chi connectivity index (χ2v) is 6.48. The summed E-state index contributed by atoms with van der Waals surface area (Å²) >= 11 is 3.74. The fourth-order valence-electron chi connectivity index (χ4n) is 2.49. The number of hydrogen-bond acceptors (Lipinski definition) is 2. The maximum atomic E-state index is 11.2. The van der Waals surface area contributed by atoms with Crippen molar-refractivity contribution in [2.24, 2.45) is 0 Å². The molecular formula is C17H16BrNO2. The second kappa shape index (κ2) is 5.53. The number of hydrogen-bond donors (Lipinski definition) is 1. The van der Waals surface area contributed by atoms with Gasteiger partial charge in [-0.3, -0.25) is 4.98 Å². The van der Waals surface area contributed by atoms with E-state index in [0.717, 1.165) is 17.5 Å². The summed E-state index contributed by atoms with van der Waals surface area (Å²) in [4.78, 5) is 14.0. The van der Waals surface area contributed by atoms with E-state index in [9.17, 15) is 4.79 Å². The summed E-state index contributed by atoms with van der Waals surface area (Å²) in [6.07, 6.45) is 0.897. The molecule has 3 nitrogen and oxygen atoms in total. The predicted octanol–water partition coefficient (Wildman–Crippen LogP) is 4.42. The Morgan fingerprint density at radius 3 is 2.81 bits per heavy atom. The van der Waals surface area contributed by atoms with E-state index in [4.69, 9.17) is 4.42 Å². The molecule has 0 saturated heterocycles. The SMILES string of the molecule is Cc1ccc(C)c(CC(Br)c2ccc3[nH]c(=O)oc3c2)c1. The van der Waals surface area contributed by atoms with Gasteiger partial charge in [-0.25, -0.2) is 4.79 Å². The number of fused-ring (bicyclic) bond motifs is 1. The molecule has 3 rings (SSSR count). The largest absolute Gasteiger partial charge is 0.417 e. The molecule has 0 fully saturated rings. The Balaban J connectivity index is 1.90. The van der Waals surface area contributed by atoms with Crippen molar-refractivity contribution in [1.82, 2.24) is 4.98 Å². The number of H-pyrrole nitrogens is 1. The first-order valence-corrected chi connectivity index (χ1v) is 7.77. The van der Waals surface area contributed by atoms with Gasteiger partial charge in [-0.05, 0) is 49.1 Å². The summed E-state index contributed by atoms with van der Waals surface area (Å²) in [7, 11) is 0. The lowest BCUT2D eigenvalue weighted by Gasteiger charge is -2.13. The minimum absolute atomic E-state index is 0.183. The van der Waals surface area contributed by atoms with Crippen LogP contribution >= 0.6 is 15.9 Å². The maximum Gasteiger partial charge on any atom is 0.417 e. The van der Waals surface area contributed by atoms with Crippen LogP contribution < -0.4 is 5.76 Å². The van der Waals surface area contributed by atoms with Crippen molar-refractivity contribution in [2.45, 2.75) is 25.1 Å². The van der Waals surface area contributed by atoms with E-state index in [-0.39, 0.29) is 4.83 Å². The van der Waals surface area contributed by atoms with Crippen LogP contribution in [-0.2, 0) is 6.42 Å². The van der Waals surface area contributed by atoms with Crippen molar-refractivity contribution in [3.63, 3.8) is 0 Å². The molecule has 0 aliphatic carbocycles. The van der Waals surface area contributed by atoms with Gasteiger partial charge in [-0.2, -0.15) is 0 Å². The van der Waals surface area contributed by atoms with Crippen LogP contribution in [0.1, 0.15) is 27.1 Å². The van der Waals surface area contributed by atoms with Crippen molar-refractivity contribution in [1.29, 1.82) is 0 Å². The summed E-state index contributed by atoms with van der Waals surface area (Å²) in [5, 5.41) is 0. The molecule has 4 heteroatoms. The molecule has 1 aromatic heterocycles. The smallest absolute Gasteiger partial charge is 0.408 e. The highest BCUT2D eigenvalue weighted by molar-refractivity contribution is 9.09. The highest BCUT2D eigenvalue weighted by Crippen LogP contribution is 2.30. The topological polar surface area (TPSA) is 46.0 Å². The number of benzene rings is 2. The normalized spacial score (nSPS) is 12.7. The molecule has 108 valence electrons. The molecule has 0 aliphatic heterocycles. The third kappa shape index (κ3) is 2.95. The van der Waals surface area contributed by atoms with Gasteiger partial charge in [0.1, 0.15) is 0 Å². The van der Waals surface area contributed by atoms with Gasteiger partial charge in [0.25, 0.3) is 0 Å². The summed E-state index contributed by atoms with van der Waals surface area (Å²) in [6.45, 7) is 4.23.